The Morgan fingerprint density at radius 2 is 1.89 bits per heavy atom. The number of furan rings is 1. The Labute approximate surface area is 155 Å². The van der Waals surface area contributed by atoms with E-state index < -0.39 is 0 Å². The number of hydrogen-bond acceptors (Lipinski definition) is 7. The Kier molecular flexibility index (Phi) is 5.78. The van der Waals surface area contributed by atoms with Gasteiger partial charge in [0.15, 0.2) is 11.5 Å². The molecular formula is C19H18N4O4. The van der Waals surface area contributed by atoms with E-state index in [9.17, 15) is 9.59 Å². The molecule has 0 radical (unpaired) electrons. The number of amides is 1. The molecule has 1 aromatic carbocycles. The summed E-state index contributed by atoms with van der Waals surface area (Å²) in [6.07, 6.45) is 1.54. The van der Waals surface area contributed by atoms with E-state index >= 15 is 0 Å². The molecule has 0 saturated carbocycles. The zero-order valence-electron chi connectivity index (χ0n) is 14.6. The summed E-state index contributed by atoms with van der Waals surface area (Å²) in [6.45, 7) is 2.36. The van der Waals surface area contributed by atoms with Crippen LogP contribution in [-0.4, -0.2) is 28.7 Å². The minimum Gasteiger partial charge on any atom is -0.467 e. The number of aromatic nitrogens is 2. The molecule has 1 amide bonds. The average Bonchev–Trinajstić information content (AvgIpc) is 3.21. The molecule has 2 heterocycles. The van der Waals surface area contributed by atoms with Crippen molar-refractivity contribution in [2.75, 3.05) is 11.9 Å². The molecule has 0 spiro atoms. The number of benzene rings is 1. The standard InChI is InChI=1S/C19H18N4O4/c1-2-26-19(25)13-5-7-14(8-6-13)21-17-10-9-16(22-23-17)18(24)20-12-15-4-3-11-27-15/h3-11H,2,12H2,1H3,(H,20,24)(H,21,23). The number of nitrogens with zero attached hydrogens (tertiary/aromatic N) is 2. The first-order chi connectivity index (χ1) is 13.2. The van der Waals surface area contributed by atoms with Crippen molar-refractivity contribution in [3.05, 3.63) is 71.8 Å². The second kappa shape index (κ2) is 8.61. The second-order valence-electron chi connectivity index (χ2n) is 5.49. The third-order valence-corrected chi connectivity index (χ3v) is 3.57. The summed E-state index contributed by atoms with van der Waals surface area (Å²) in [5, 5.41) is 13.7. The van der Waals surface area contributed by atoms with Crippen LogP contribution in [0.4, 0.5) is 11.5 Å². The Hall–Kier alpha value is -3.68. The molecule has 138 valence electrons. The van der Waals surface area contributed by atoms with E-state index in [0.717, 1.165) is 5.69 Å². The number of carbonyl (C=O) groups is 2. The minimum atomic E-state index is -0.367. The smallest absolute Gasteiger partial charge is 0.338 e. The lowest BCUT2D eigenvalue weighted by Gasteiger charge is -2.07. The van der Waals surface area contributed by atoms with Crippen molar-refractivity contribution in [2.45, 2.75) is 13.5 Å². The van der Waals surface area contributed by atoms with E-state index in [2.05, 4.69) is 20.8 Å². The third-order valence-electron chi connectivity index (χ3n) is 3.57. The van der Waals surface area contributed by atoms with Crippen LogP contribution in [0, 0.1) is 0 Å². The molecule has 3 aromatic rings. The molecule has 8 nitrogen and oxygen atoms in total. The number of nitrogens with one attached hydrogen (secondary N) is 2. The highest BCUT2D eigenvalue weighted by Crippen LogP contribution is 2.15. The Balaban J connectivity index is 1.57. The van der Waals surface area contributed by atoms with Crippen LogP contribution < -0.4 is 10.6 Å². The highest BCUT2D eigenvalue weighted by molar-refractivity contribution is 5.92. The van der Waals surface area contributed by atoms with Crippen LogP contribution in [0.15, 0.2) is 59.2 Å². The highest BCUT2D eigenvalue weighted by Gasteiger charge is 2.09. The summed E-state index contributed by atoms with van der Waals surface area (Å²) >= 11 is 0. The summed E-state index contributed by atoms with van der Waals surface area (Å²) in [7, 11) is 0. The number of anilines is 2. The molecule has 0 unspecified atom stereocenters. The van der Waals surface area contributed by atoms with Gasteiger partial charge in [0.2, 0.25) is 0 Å². The molecule has 2 N–H and O–H groups in total. The summed E-state index contributed by atoms with van der Waals surface area (Å²) in [5.41, 5.74) is 1.40. The van der Waals surface area contributed by atoms with Crippen molar-refractivity contribution >= 4 is 23.4 Å². The summed E-state index contributed by atoms with van der Waals surface area (Å²) < 4.78 is 10.1. The molecule has 0 aliphatic rings. The normalized spacial score (nSPS) is 10.3. The molecule has 0 saturated heterocycles. The number of hydrogen-bond donors (Lipinski definition) is 2. The summed E-state index contributed by atoms with van der Waals surface area (Å²) in [6, 6.07) is 13.5. The zero-order chi connectivity index (χ0) is 19.1. The fraction of sp³-hybridized carbons (Fsp3) is 0.158. The average molecular weight is 366 g/mol. The first-order valence-corrected chi connectivity index (χ1v) is 8.34. The maximum atomic E-state index is 12.0. The number of esters is 1. The minimum absolute atomic E-state index is 0.199. The van der Waals surface area contributed by atoms with Gasteiger partial charge in [0.1, 0.15) is 5.76 Å². The van der Waals surface area contributed by atoms with Gasteiger partial charge in [-0.2, -0.15) is 0 Å². The van der Waals surface area contributed by atoms with E-state index in [0.29, 0.717) is 23.7 Å². The van der Waals surface area contributed by atoms with Crippen molar-refractivity contribution in [3.63, 3.8) is 0 Å². The molecule has 0 atom stereocenters. The van der Waals surface area contributed by atoms with Crippen molar-refractivity contribution in [2.24, 2.45) is 0 Å². The van der Waals surface area contributed by atoms with E-state index in [-0.39, 0.29) is 24.1 Å². The van der Waals surface area contributed by atoms with Crippen LogP contribution in [-0.2, 0) is 11.3 Å². The Morgan fingerprint density at radius 1 is 1.07 bits per heavy atom. The van der Waals surface area contributed by atoms with Gasteiger partial charge in [0, 0.05) is 5.69 Å². The van der Waals surface area contributed by atoms with Crippen molar-refractivity contribution in [1.82, 2.24) is 15.5 Å². The lowest BCUT2D eigenvalue weighted by molar-refractivity contribution is 0.0526. The van der Waals surface area contributed by atoms with Crippen molar-refractivity contribution < 1.29 is 18.7 Å². The van der Waals surface area contributed by atoms with Gasteiger partial charge in [-0.05, 0) is 55.5 Å². The van der Waals surface area contributed by atoms with Gasteiger partial charge < -0.3 is 19.8 Å². The lowest BCUT2D eigenvalue weighted by Crippen LogP contribution is -2.23. The van der Waals surface area contributed by atoms with Gasteiger partial charge in [0.25, 0.3) is 5.91 Å². The highest BCUT2D eigenvalue weighted by atomic mass is 16.5. The molecule has 8 heteroatoms. The van der Waals surface area contributed by atoms with Gasteiger partial charge in [0.05, 0.1) is 25.0 Å². The molecule has 27 heavy (non-hydrogen) atoms. The van der Waals surface area contributed by atoms with Crippen LogP contribution >= 0.6 is 0 Å². The predicted octanol–water partition coefficient (Wildman–Crippen LogP) is 2.92. The molecule has 2 aromatic heterocycles. The number of rotatable bonds is 7. The van der Waals surface area contributed by atoms with E-state index in [1.165, 1.54) is 0 Å². The number of ether oxygens (including phenoxy) is 1. The molecule has 0 aliphatic carbocycles. The van der Waals surface area contributed by atoms with Crippen LogP contribution in [0.1, 0.15) is 33.5 Å². The van der Waals surface area contributed by atoms with Gasteiger partial charge in [-0.25, -0.2) is 4.79 Å². The summed E-state index contributed by atoms with van der Waals surface area (Å²) in [5.74, 6) is 0.417. The van der Waals surface area contributed by atoms with Crippen LogP contribution in [0.3, 0.4) is 0 Å². The van der Waals surface area contributed by atoms with Crippen LogP contribution in [0.5, 0.6) is 0 Å². The Morgan fingerprint density at radius 3 is 2.52 bits per heavy atom. The fourth-order valence-electron chi connectivity index (χ4n) is 2.24. The lowest BCUT2D eigenvalue weighted by atomic mass is 10.2. The first kappa shape index (κ1) is 18.1. The van der Waals surface area contributed by atoms with E-state index in [1.807, 2.05) is 0 Å². The SMILES string of the molecule is CCOC(=O)c1ccc(Nc2ccc(C(=O)NCc3ccco3)nn2)cc1. The van der Waals surface area contributed by atoms with Crippen molar-refractivity contribution in [1.29, 1.82) is 0 Å². The topological polar surface area (TPSA) is 106 Å². The van der Waals surface area contributed by atoms with Crippen LogP contribution in [0.2, 0.25) is 0 Å². The molecule has 0 bridgehead atoms. The zero-order valence-corrected chi connectivity index (χ0v) is 14.6. The summed E-state index contributed by atoms with van der Waals surface area (Å²) in [4.78, 5) is 23.7. The largest absolute Gasteiger partial charge is 0.467 e. The van der Waals surface area contributed by atoms with Gasteiger partial charge >= 0.3 is 5.97 Å². The van der Waals surface area contributed by atoms with E-state index in [1.54, 1.807) is 61.7 Å². The van der Waals surface area contributed by atoms with Gasteiger partial charge in [-0.15, -0.1) is 10.2 Å². The monoisotopic (exact) mass is 366 g/mol. The van der Waals surface area contributed by atoms with Gasteiger partial charge in [-0.3, -0.25) is 4.79 Å². The molecule has 0 aliphatic heterocycles. The Bertz CT molecular complexity index is 890. The van der Waals surface area contributed by atoms with Crippen LogP contribution in [0.25, 0.3) is 0 Å². The quantitative estimate of drug-likeness (QED) is 0.619. The second-order valence-corrected chi connectivity index (χ2v) is 5.49. The molecule has 0 fully saturated rings. The molecular weight excluding hydrogens is 348 g/mol. The van der Waals surface area contributed by atoms with Gasteiger partial charge in [-0.1, -0.05) is 0 Å². The van der Waals surface area contributed by atoms with Crippen molar-refractivity contribution in [3.8, 4) is 0 Å². The number of carbonyl (C=O) groups excluding carboxylic acids is 2. The van der Waals surface area contributed by atoms with E-state index in [4.69, 9.17) is 9.15 Å². The predicted molar refractivity (Wildman–Crippen MR) is 97.6 cm³/mol. The third kappa shape index (κ3) is 4.91. The maximum Gasteiger partial charge on any atom is 0.338 e. The fourth-order valence-corrected chi connectivity index (χ4v) is 2.24. The first-order valence-electron chi connectivity index (χ1n) is 8.34. The molecule has 3 rings (SSSR count). The maximum absolute atomic E-state index is 12.0.